The van der Waals surface area contributed by atoms with Crippen LogP contribution in [0.25, 0.3) is 0 Å². The first-order valence-electron chi connectivity index (χ1n) is 9.47. The van der Waals surface area contributed by atoms with Crippen molar-refractivity contribution in [2.75, 3.05) is 26.2 Å². The molecule has 1 amide bonds. The van der Waals surface area contributed by atoms with Crippen LogP contribution in [0.1, 0.15) is 45.1 Å². The lowest BCUT2D eigenvalue weighted by molar-refractivity contribution is -0.150. The minimum absolute atomic E-state index is 0.166. The quantitative estimate of drug-likeness (QED) is 0.824. The van der Waals surface area contributed by atoms with Crippen LogP contribution in [0.5, 0.6) is 0 Å². The number of nitrogens with zero attached hydrogens (tertiary/aromatic N) is 1. The molecular weight excluding hydrogens is 328 g/mol. The van der Waals surface area contributed by atoms with Gasteiger partial charge in [0.1, 0.15) is 5.60 Å². The van der Waals surface area contributed by atoms with Crippen molar-refractivity contribution >= 4 is 11.9 Å². The van der Waals surface area contributed by atoms with Crippen molar-refractivity contribution in [3.05, 3.63) is 47.0 Å². The number of carbonyl (C=O) groups is 2. The van der Waals surface area contributed by atoms with Gasteiger partial charge in [-0.2, -0.15) is 0 Å². The van der Waals surface area contributed by atoms with Crippen LogP contribution in [0.2, 0.25) is 0 Å². The molecule has 2 aliphatic heterocycles. The van der Waals surface area contributed by atoms with Gasteiger partial charge in [0.2, 0.25) is 0 Å². The summed E-state index contributed by atoms with van der Waals surface area (Å²) in [5.41, 5.74) is 1.44. The van der Waals surface area contributed by atoms with E-state index in [-0.39, 0.29) is 17.8 Å². The Labute approximate surface area is 155 Å². The molecule has 1 atom stereocenters. The van der Waals surface area contributed by atoms with Crippen molar-refractivity contribution in [2.45, 2.75) is 45.1 Å². The molecule has 2 aliphatic rings. The second-order valence-electron chi connectivity index (χ2n) is 7.34. The van der Waals surface area contributed by atoms with E-state index in [4.69, 9.17) is 4.74 Å². The maximum Gasteiger partial charge on any atom is 0.335 e. The minimum atomic E-state index is -0.743. The van der Waals surface area contributed by atoms with Crippen molar-refractivity contribution in [2.24, 2.45) is 0 Å². The fourth-order valence-electron chi connectivity index (χ4n) is 3.94. The van der Waals surface area contributed by atoms with E-state index in [9.17, 15) is 9.59 Å². The molecule has 0 radical (unpaired) electrons. The predicted molar refractivity (Wildman–Crippen MR) is 101 cm³/mol. The Hall–Kier alpha value is -2.14. The predicted octanol–water partition coefficient (Wildman–Crippen LogP) is 2.63. The number of hydrogen-bond acceptors (Lipinski definition) is 4. The van der Waals surface area contributed by atoms with Gasteiger partial charge in [0.05, 0.1) is 5.57 Å². The van der Waals surface area contributed by atoms with Gasteiger partial charge < -0.3 is 15.0 Å². The fraction of sp³-hybridized carbons (Fsp3) is 0.524. The van der Waals surface area contributed by atoms with E-state index < -0.39 is 5.60 Å². The molecule has 0 bridgehead atoms. The molecule has 3 rings (SSSR count). The highest BCUT2D eigenvalue weighted by atomic mass is 16.6. The summed E-state index contributed by atoms with van der Waals surface area (Å²) in [7, 11) is 0. The van der Waals surface area contributed by atoms with Crippen LogP contribution in [-0.2, 0) is 14.3 Å². The van der Waals surface area contributed by atoms with E-state index in [0.29, 0.717) is 30.5 Å². The molecule has 1 spiro atoms. The smallest absolute Gasteiger partial charge is 0.335 e. The van der Waals surface area contributed by atoms with Crippen molar-refractivity contribution in [3.63, 3.8) is 0 Å². The molecule has 1 N–H and O–H groups in total. The van der Waals surface area contributed by atoms with Crippen molar-refractivity contribution in [3.8, 4) is 0 Å². The van der Waals surface area contributed by atoms with Crippen LogP contribution in [0, 0.1) is 0 Å². The third-order valence-corrected chi connectivity index (χ3v) is 5.70. The number of benzene rings is 1. The molecule has 1 saturated heterocycles. The Kier molecular flexibility index (Phi) is 5.47. The van der Waals surface area contributed by atoms with Gasteiger partial charge in [0.25, 0.3) is 5.91 Å². The molecule has 5 heteroatoms. The zero-order valence-corrected chi connectivity index (χ0v) is 15.9. The van der Waals surface area contributed by atoms with E-state index in [0.717, 1.165) is 19.6 Å². The molecule has 26 heavy (non-hydrogen) atoms. The van der Waals surface area contributed by atoms with E-state index in [1.165, 1.54) is 5.56 Å². The normalized spacial score (nSPS) is 21.0. The van der Waals surface area contributed by atoms with Crippen molar-refractivity contribution in [1.82, 2.24) is 10.2 Å². The zero-order valence-electron chi connectivity index (χ0n) is 15.9. The van der Waals surface area contributed by atoms with Crippen molar-refractivity contribution < 1.29 is 14.3 Å². The molecule has 0 aromatic heterocycles. The number of rotatable bonds is 5. The van der Waals surface area contributed by atoms with Crippen molar-refractivity contribution in [1.29, 1.82) is 0 Å². The summed E-state index contributed by atoms with van der Waals surface area (Å²) in [5.74, 6) is -0.311. The number of carbonyl (C=O) groups excluding carboxylic acids is 2. The Bertz CT molecular complexity index is 703. The average Bonchev–Trinajstić information content (AvgIpc) is 2.90. The summed E-state index contributed by atoms with van der Waals surface area (Å²) < 4.78 is 5.72. The summed E-state index contributed by atoms with van der Waals surface area (Å²) in [5, 5.41) is 3.03. The molecule has 5 nitrogen and oxygen atoms in total. The largest absolute Gasteiger partial charge is 0.450 e. The highest BCUT2D eigenvalue weighted by molar-refractivity contribution is 6.07. The number of esters is 1. The summed E-state index contributed by atoms with van der Waals surface area (Å²) in [4.78, 5) is 27.5. The molecule has 1 aromatic carbocycles. The summed E-state index contributed by atoms with van der Waals surface area (Å²) in [6, 6.07) is 10.1. The molecule has 0 unspecified atom stereocenters. The topological polar surface area (TPSA) is 58.6 Å². The number of likely N-dealkylation sites (tertiary alicyclic amines) is 1. The standard InChI is InChI=1S/C21H28N2O3/c1-4-23-12-10-21(11-13-23)18(16(3)20(25)26-21)19(24)22-14-15(2)17-8-6-5-7-9-17/h5-9,15H,4,10-14H2,1-3H3,(H,22,24)/t15-/m1/s1. The summed E-state index contributed by atoms with van der Waals surface area (Å²) in [6.45, 7) is 9.11. The molecule has 2 heterocycles. The van der Waals surface area contributed by atoms with Crippen LogP contribution in [0.4, 0.5) is 0 Å². The summed E-state index contributed by atoms with van der Waals surface area (Å²) in [6.07, 6.45) is 1.36. The van der Waals surface area contributed by atoms with Gasteiger partial charge in [0.15, 0.2) is 0 Å². The molecule has 0 aliphatic carbocycles. The van der Waals surface area contributed by atoms with E-state index >= 15 is 0 Å². The monoisotopic (exact) mass is 356 g/mol. The molecule has 0 saturated carbocycles. The minimum Gasteiger partial charge on any atom is -0.450 e. The number of nitrogens with one attached hydrogen (secondary N) is 1. The maximum absolute atomic E-state index is 12.9. The van der Waals surface area contributed by atoms with E-state index in [1.54, 1.807) is 6.92 Å². The fourth-order valence-corrected chi connectivity index (χ4v) is 3.94. The second kappa shape index (κ2) is 7.62. The Balaban J connectivity index is 1.71. The van der Waals surface area contributed by atoms with Gasteiger partial charge in [-0.15, -0.1) is 0 Å². The van der Waals surface area contributed by atoms with E-state index in [2.05, 4.69) is 36.2 Å². The first kappa shape index (κ1) is 18.6. The lowest BCUT2D eigenvalue weighted by Gasteiger charge is -2.39. The van der Waals surface area contributed by atoms with Crippen LogP contribution in [0.15, 0.2) is 41.5 Å². The Morgan fingerprint density at radius 1 is 1.27 bits per heavy atom. The van der Waals surface area contributed by atoms with Gasteiger partial charge in [-0.25, -0.2) is 4.79 Å². The highest BCUT2D eigenvalue weighted by Crippen LogP contribution is 2.41. The molecule has 1 fully saturated rings. The maximum atomic E-state index is 12.9. The third-order valence-electron chi connectivity index (χ3n) is 5.70. The van der Waals surface area contributed by atoms with E-state index in [1.807, 2.05) is 18.2 Å². The number of piperidine rings is 1. The van der Waals surface area contributed by atoms with Gasteiger partial charge >= 0.3 is 5.97 Å². The summed E-state index contributed by atoms with van der Waals surface area (Å²) >= 11 is 0. The van der Waals surface area contributed by atoms with Gasteiger partial charge in [-0.05, 0) is 24.9 Å². The van der Waals surface area contributed by atoms with Crippen LogP contribution >= 0.6 is 0 Å². The van der Waals surface area contributed by atoms with Gasteiger partial charge in [0, 0.05) is 38.0 Å². The van der Waals surface area contributed by atoms with Crippen LogP contribution < -0.4 is 5.32 Å². The lowest BCUT2D eigenvalue weighted by Crippen LogP contribution is -2.49. The molecular formula is C21H28N2O3. The second-order valence-corrected chi connectivity index (χ2v) is 7.34. The van der Waals surface area contributed by atoms with Crippen LogP contribution in [-0.4, -0.2) is 48.6 Å². The zero-order chi connectivity index (χ0) is 18.7. The van der Waals surface area contributed by atoms with Gasteiger partial charge in [-0.3, -0.25) is 4.79 Å². The molecule has 1 aromatic rings. The Morgan fingerprint density at radius 3 is 2.54 bits per heavy atom. The SMILES string of the molecule is CCN1CCC2(CC1)OC(=O)C(C)=C2C(=O)NC[C@@H](C)c1ccccc1. The average molecular weight is 356 g/mol. The third kappa shape index (κ3) is 3.54. The lowest BCUT2D eigenvalue weighted by atomic mass is 9.82. The number of ether oxygens (including phenoxy) is 1. The number of amides is 1. The first-order valence-corrected chi connectivity index (χ1v) is 9.47. The van der Waals surface area contributed by atoms with Gasteiger partial charge in [-0.1, -0.05) is 44.2 Å². The number of hydrogen-bond donors (Lipinski definition) is 1. The Morgan fingerprint density at radius 2 is 1.92 bits per heavy atom. The highest BCUT2D eigenvalue weighted by Gasteiger charge is 2.50. The van der Waals surface area contributed by atoms with Crippen LogP contribution in [0.3, 0.4) is 0 Å². The molecule has 140 valence electrons. The first-order chi connectivity index (χ1) is 12.5.